The van der Waals surface area contributed by atoms with E-state index in [1.54, 1.807) is 23.1 Å². The van der Waals surface area contributed by atoms with Crippen LogP contribution in [0.15, 0.2) is 63.8 Å². The Bertz CT molecular complexity index is 1160. The standard InChI is InChI=1S/C24H24N2O5/c1-16-12-23(28)31-21-13-19(9-10-20(16)21)30-15-22(27)26-11-5-6-17(14-26)24(29)25-18-7-3-2-4-8-18/h2-4,7-10,12-13,17H,5-6,11,14-15H2,1H3,(H,25,29)/t17-/m0/s1. The molecule has 0 radical (unpaired) electrons. The van der Waals surface area contributed by atoms with Gasteiger partial charge in [-0.15, -0.1) is 0 Å². The summed E-state index contributed by atoms with van der Waals surface area (Å²) >= 11 is 0. The van der Waals surface area contributed by atoms with Gasteiger partial charge in [0.25, 0.3) is 5.91 Å². The smallest absolute Gasteiger partial charge is 0.336 e. The minimum absolute atomic E-state index is 0.0791. The average molecular weight is 420 g/mol. The summed E-state index contributed by atoms with van der Waals surface area (Å²) in [6.07, 6.45) is 1.51. The van der Waals surface area contributed by atoms with Crippen molar-refractivity contribution in [3.05, 3.63) is 70.6 Å². The zero-order chi connectivity index (χ0) is 21.8. The fraction of sp³-hybridized carbons (Fsp3) is 0.292. The van der Waals surface area contributed by atoms with Gasteiger partial charge in [0.05, 0.1) is 5.92 Å². The molecule has 1 aliphatic rings. The highest BCUT2D eigenvalue weighted by Gasteiger charge is 2.28. The third-order valence-corrected chi connectivity index (χ3v) is 5.47. The van der Waals surface area contributed by atoms with E-state index in [0.717, 1.165) is 29.5 Å². The van der Waals surface area contributed by atoms with E-state index in [-0.39, 0.29) is 24.3 Å². The average Bonchev–Trinajstić information content (AvgIpc) is 2.78. The van der Waals surface area contributed by atoms with Gasteiger partial charge < -0.3 is 19.4 Å². The van der Waals surface area contributed by atoms with E-state index in [2.05, 4.69) is 5.32 Å². The molecule has 31 heavy (non-hydrogen) atoms. The maximum Gasteiger partial charge on any atom is 0.336 e. The second-order valence-corrected chi connectivity index (χ2v) is 7.73. The molecule has 1 N–H and O–H groups in total. The van der Waals surface area contributed by atoms with Crippen LogP contribution >= 0.6 is 0 Å². The molecule has 2 aromatic carbocycles. The highest BCUT2D eigenvalue weighted by atomic mass is 16.5. The van der Waals surface area contributed by atoms with Gasteiger partial charge in [-0.05, 0) is 49.6 Å². The first kappa shape index (κ1) is 20.7. The van der Waals surface area contributed by atoms with E-state index in [9.17, 15) is 14.4 Å². The van der Waals surface area contributed by atoms with E-state index in [1.165, 1.54) is 6.07 Å². The first-order valence-corrected chi connectivity index (χ1v) is 10.3. The van der Waals surface area contributed by atoms with Crippen LogP contribution in [-0.2, 0) is 9.59 Å². The molecule has 1 atom stereocenters. The molecule has 7 heteroatoms. The monoisotopic (exact) mass is 420 g/mol. The topological polar surface area (TPSA) is 88.8 Å². The van der Waals surface area contributed by atoms with Crippen LogP contribution in [0.2, 0.25) is 0 Å². The molecule has 1 fully saturated rings. The van der Waals surface area contributed by atoms with Crippen molar-refractivity contribution in [2.24, 2.45) is 5.92 Å². The maximum atomic E-state index is 12.7. The lowest BCUT2D eigenvalue weighted by Crippen LogP contribution is -2.45. The molecule has 3 aromatic rings. The van der Waals surface area contributed by atoms with Crippen LogP contribution in [-0.4, -0.2) is 36.4 Å². The Kier molecular flexibility index (Phi) is 6.02. The van der Waals surface area contributed by atoms with Crippen LogP contribution in [0.5, 0.6) is 5.75 Å². The number of rotatable bonds is 5. The molecule has 1 aromatic heterocycles. The van der Waals surface area contributed by atoms with Crippen molar-refractivity contribution in [3.63, 3.8) is 0 Å². The largest absolute Gasteiger partial charge is 0.484 e. The van der Waals surface area contributed by atoms with Crippen LogP contribution in [0.1, 0.15) is 18.4 Å². The number of hydrogen-bond donors (Lipinski definition) is 1. The highest BCUT2D eigenvalue weighted by Crippen LogP contribution is 2.23. The first-order valence-electron chi connectivity index (χ1n) is 10.3. The number of ether oxygens (including phenoxy) is 1. The molecule has 2 amide bonds. The number of carbonyl (C=O) groups is 2. The van der Waals surface area contributed by atoms with Crippen molar-refractivity contribution in [2.75, 3.05) is 25.0 Å². The summed E-state index contributed by atoms with van der Waals surface area (Å²) in [5.41, 5.74) is 1.57. The number of aryl methyl sites for hydroxylation is 1. The first-order chi connectivity index (χ1) is 15.0. The van der Waals surface area contributed by atoms with Gasteiger partial charge in [-0.25, -0.2) is 4.79 Å². The second-order valence-electron chi connectivity index (χ2n) is 7.73. The van der Waals surface area contributed by atoms with Crippen LogP contribution in [0.25, 0.3) is 11.0 Å². The van der Waals surface area contributed by atoms with Crippen LogP contribution in [0, 0.1) is 12.8 Å². The lowest BCUT2D eigenvalue weighted by atomic mass is 9.97. The highest BCUT2D eigenvalue weighted by molar-refractivity contribution is 5.93. The number of anilines is 1. The van der Waals surface area contributed by atoms with Crippen LogP contribution < -0.4 is 15.7 Å². The van der Waals surface area contributed by atoms with Gasteiger partial charge in [0, 0.05) is 36.3 Å². The molecule has 4 rings (SSSR count). The number of piperidine rings is 1. The fourth-order valence-corrected chi connectivity index (χ4v) is 3.81. The summed E-state index contributed by atoms with van der Waals surface area (Å²) in [5.74, 6) is -0.0617. The van der Waals surface area contributed by atoms with Gasteiger partial charge in [0.1, 0.15) is 11.3 Å². The number of nitrogens with one attached hydrogen (secondary N) is 1. The number of carbonyl (C=O) groups excluding carboxylic acids is 2. The molecular formula is C24H24N2O5. The summed E-state index contributed by atoms with van der Waals surface area (Å²) in [4.78, 5) is 38.5. The van der Waals surface area contributed by atoms with E-state index < -0.39 is 5.63 Å². The minimum atomic E-state index is -0.425. The molecule has 1 aliphatic heterocycles. The summed E-state index contributed by atoms with van der Waals surface area (Å²) in [5, 5.41) is 3.73. The van der Waals surface area contributed by atoms with Gasteiger partial charge in [-0.2, -0.15) is 0 Å². The van der Waals surface area contributed by atoms with Crippen molar-refractivity contribution in [1.82, 2.24) is 4.90 Å². The number of para-hydroxylation sites is 1. The number of benzene rings is 2. The van der Waals surface area contributed by atoms with Gasteiger partial charge >= 0.3 is 5.63 Å². The molecule has 0 aliphatic carbocycles. The van der Waals surface area contributed by atoms with E-state index in [1.807, 2.05) is 37.3 Å². The molecule has 2 heterocycles. The van der Waals surface area contributed by atoms with E-state index >= 15 is 0 Å². The van der Waals surface area contributed by atoms with Crippen molar-refractivity contribution >= 4 is 28.5 Å². The summed E-state index contributed by atoms with van der Waals surface area (Å²) < 4.78 is 10.9. The Labute approximate surface area is 179 Å². The molecule has 160 valence electrons. The molecule has 0 saturated carbocycles. The summed E-state index contributed by atoms with van der Waals surface area (Å²) in [7, 11) is 0. The van der Waals surface area contributed by atoms with Crippen LogP contribution in [0.3, 0.4) is 0 Å². The Hall–Kier alpha value is -3.61. The Morgan fingerprint density at radius 2 is 1.97 bits per heavy atom. The van der Waals surface area contributed by atoms with Gasteiger partial charge in [0.2, 0.25) is 5.91 Å². The molecule has 1 saturated heterocycles. The Morgan fingerprint density at radius 3 is 2.77 bits per heavy atom. The van der Waals surface area contributed by atoms with Gasteiger partial charge in [-0.1, -0.05) is 18.2 Å². The molecule has 7 nitrogen and oxygen atoms in total. The zero-order valence-electron chi connectivity index (χ0n) is 17.3. The number of hydrogen-bond acceptors (Lipinski definition) is 5. The second kappa shape index (κ2) is 9.04. The molecule has 0 spiro atoms. The predicted molar refractivity (Wildman–Crippen MR) is 117 cm³/mol. The SMILES string of the molecule is Cc1cc(=O)oc2cc(OCC(=O)N3CCC[C@H](C(=O)Nc4ccccc4)C3)ccc12. The third kappa shape index (κ3) is 4.94. The quantitative estimate of drug-likeness (QED) is 0.640. The van der Waals surface area contributed by atoms with Crippen molar-refractivity contribution in [2.45, 2.75) is 19.8 Å². The molecule has 0 unspecified atom stereocenters. The Morgan fingerprint density at radius 1 is 1.16 bits per heavy atom. The maximum absolute atomic E-state index is 12.7. The van der Waals surface area contributed by atoms with E-state index in [4.69, 9.17) is 9.15 Å². The number of fused-ring (bicyclic) bond motifs is 1. The summed E-state index contributed by atoms with van der Waals surface area (Å²) in [6.45, 7) is 2.66. The fourth-order valence-electron chi connectivity index (χ4n) is 3.81. The van der Waals surface area contributed by atoms with E-state index in [0.29, 0.717) is 24.4 Å². The predicted octanol–water partition coefficient (Wildman–Crippen LogP) is 3.36. The van der Waals surface area contributed by atoms with Crippen molar-refractivity contribution in [3.8, 4) is 5.75 Å². The van der Waals surface area contributed by atoms with Crippen LogP contribution in [0.4, 0.5) is 5.69 Å². The lowest BCUT2D eigenvalue weighted by molar-refractivity contribution is -0.136. The van der Waals surface area contributed by atoms with Gasteiger partial charge in [-0.3, -0.25) is 9.59 Å². The molecule has 0 bridgehead atoms. The number of amides is 2. The number of nitrogens with zero attached hydrogens (tertiary/aromatic N) is 1. The third-order valence-electron chi connectivity index (χ3n) is 5.47. The lowest BCUT2D eigenvalue weighted by Gasteiger charge is -2.32. The summed E-state index contributed by atoms with van der Waals surface area (Å²) in [6, 6.07) is 15.9. The number of likely N-dealkylation sites (tertiary alicyclic amines) is 1. The van der Waals surface area contributed by atoms with Gasteiger partial charge in [0.15, 0.2) is 6.61 Å². The Balaban J connectivity index is 1.35. The van der Waals surface area contributed by atoms with Crippen molar-refractivity contribution in [1.29, 1.82) is 0 Å². The zero-order valence-corrected chi connectivity index (χ0v) is 17.3. The minimum Gasteiger partial charge on any atom is -0.484 e. The normalized spacial score (nSPS) is 16.2. The molecular weight excluding hydrogens is 396 g/mol. The van der Waals surface area contributed by atoms with Crippen molar-refractivity contribution < 1.29 is 18.7 Å².